The lowest BCUT2D eigenvalue weighted by atomic mass is 9.93. The molecule has 1 saturated carbocycles. The fourth-order valence-electron chi connectivity index (χ4n) is 4.06. The molecule has 6 heteroatoms. The second-order valence-corrected chi connectivity index (χ2v) is 8.57. The highest BCUT2D eigenvalue weighted by Gasteiger charge is 2.29. The maximum Gasteiger partial charge on any atom is 0.346 e. The molecule has 1 aromatic carbocycles. The van der Waals surface area contributed by atoms with E-state index in [2.05, 4.69) is 23.8 Å². The topological polar surface area (TPSA) is 54.0 Å². The molecular formula is C25H41N3O3. The number of anilines is 1. The number of benzene rings is 1. The summed E-state index contributed by atoms with van der Waals surface area (Å²) in [5, 5.41) is 4.41. The highest BCUT2D eigenvalue weighted by Crippen LogP contribution is 2.26. The van der Waals surface area contributed by atoms with Crippen LogP contribution in [-0.2, 0) is 9.57 Å². The van der Waals surface area contributed by atoms with Gasteiger partial charge in [-0.15, -0.1) is 6.58 Å². The molecule has 2 rings (SSSR count). The molecule has 1 aromatic rings. The first-order valence-corrected chi connectivity index (χ1v) is 11.7. The van der Waals surface area contributed by atoms with Gasteiger partial charge in [-0.25, -0.2) is 9.86 Å². The molecule has 1 N–H and O–H groups in total. The number of unbranched alkanes of at least 4 members (excludes halogenated alkanes) is 3. The lowest BCUT2D eigenvalue weighted by Gasteiger charge is -2.35. The lowest BCUT2D eigenvalue weighted by molar-refractivity contribution is -0.128. The number of carbonyl (C=O) groups excluding carboxylic acids is 1. The third-order valence-electron chi connectivity index (χ3n) is 5.90. The summed E-state index contributed by atoms with van der Waals surface area (Å²) in [5.74, 6) is 0. The van der Waals surface area contributed by atoms with Crippen LogP contribution in [0.1, 0.15) is 56.9 Å². The third-order valence-corrected chi connectivity index (χ3v) is 5.90. The first kappa shape index (κ1) is 25.4. The summed E-state index contributed by atoms with van der Waals surface area (Å²) in [5.41, 5.74) is 1.94. The number of aryl methyl sites for hydroxylation is 1. The first-order valence-electron chi connectivity index (χ1n) is 11.7. The molecule has 1 aliphatic carbocycles. The van der Waals surface area contributed by atoms with Crippen molar-refractivity contribution in [2.45, 2.75) is 70.4 Å². The van der Waals surface area contributed by atoms with E-state index in [-0.39, 0.29) is 12.1 Å². The molecule has 174 valence electrons. The van der Waals surface area contributed by atoms with Crippen LogP contribution in [0, 0.1) is 6.92 Å². The van der Waals surface area contributed by atoms with E-state index in [1.165, 1.54) is 24.3 Å². The molecule has 1 fully saturated rings. The van der Waals surface area contributed by atoms with E-state index in [0.29, 0.717) is 6.10 Å². The van der Waals surface area contributed by atoms with Gasteiger partial charge in [0.15, 0.2) is 0 Å². The predicted octanol–water partition coefficient (Wildman–Crippen LogP) is 5.40. The van der Waals surface area contributed by atoms with Crippen molar-refractivity contribution >= 4 is 11.7 Å². The van der Waals surface area contributed by atoms with Crippen LogP contribution < -0.4 is 5.32 Å². The van der Waals surface area contributed by atoms with Crippen LogP contribution in [0.3, 0.4) is 0 Å². The Bertz CT molecular complexity index is 642. The summed E-state index contributed by atoms with van der Waals surface area (Å²) in [7, 11) is 3.70. The van der Waals surface area contributed by atoms with Crippen LogP contribution in [0.2, 0.25) is 0 Å². The fraction of sp³-hybridized carbons (Fsp3) is 0.640. The Balaban J connectivity index is 1.60. The molecule has 0 saturated heterocycles. The third kappa shape index (κ3) is 9.42. The van der Waals surface area contributed by atoms with E-state index in [4.69, 9.17) is 9.57 Å². The molecule has 0 spiro atoms. The minimum absolute atomic E-state index is 0.0860. The standard InChI is InChI=1S/C25H41N3O3/c1-5-18-27(3)19-8-6-7-9-20-31-24-16-14-23(15-17-24)28(30-4)25(29)26-22-12-10-21(2)11-13-22/h5,10-13,23-24H,1,6-9,14-20H2,2-4H3,(H,26,29). The molecule has 0 aromatic heterocycles. The van der Waals surface area contributed by atoms with Gasteiger partial charge >= 0.3 is 6.03 Å². The van der Waals surface area contributed by atoms with Gasteiger partial charge in [-0.1, -0.05) is 36.6 Å². The van der Waals surface area contributed by atoms with Gasteiger partial charge < -0.3 is 15.0 Å². The zero-order valence-corrected chi connectivity index (χ0v) is 19.6. The van der Waals surface area contributed by atoms with Crippen molar-refractivity contribution in [2.24, 2.45) is 0 Å². The van der Waals surface area contributed by atoms with Crippen LogP contribution in [0.15, 0.2) is 36.9 Å². The minimum Gasteiger partial charge on any atom is -0.378 e. The minimum atomic E-state index is -0.213. The van der Waals surface area contributed by atoms with Crippen LogP contribution in [-0.4, -0.2) is 62.0 Å². The zero-order chi connectivity index (χ0) is 22.5. The van der Waals surface area contributed by atoms with Gasteiger partial charge in [0.25, 0.3) is 0 Å². The molecule has 0 bridgehead atoms. The van der Waals surface area contributed by atoms with E-state index in [1.54, 1.807) is 7.11 Å². The summed E-state index contributed by atoms with van der Waals surface area (Å²) in [6.07, 6.45) is 10.8. The Kier molecular flexibility index (Phi) is 11.6. The SMILES string of the molecule is C=CCN(C)CCCCCCOC1CCC(N(OC)C(=O)Nc2ccc(C)cc2)CC1. The van der Waals surface area contributed by atoms with Crippen molar-refractivity contribution in [3.05, 3.63) is 42.5 Å². The number of urea groups is 1. The zero-order valence-electron chi connectivity index (χ0n) is 19.6. The summed E-state index contributed by atoms with van der Waals surface area (Å²) >= 11 is 0. The average Bonchev–Trinajstić information content (AvgIpc) is 2.76. The van der Waals surface area contributed by atoms with Gasteiger partial charge in [0.05, 0.1) is 19.3 Å². The molecule has 0 unspecified atom stereocenters. The van der Waals surface area contributed by atoms with Crippen LogP contribution >= 0.6 is 0 Å². The van der Waals surface area contributed by atoms with E-state index < -0.39 is 0 Å². The molecular weight excluding hydrogens is 390 g/mol. The van der Waals surface area contributed by atoms with Gasteiger partial charge in [0.2, 0.25) is 0 Å². The van der Waals surface area contributed by atoms with Crippen LogP contribution in [0.5, 0.6) is 0 Å². The summed E-state index contributed by atoms with van der Waals surface area (Å²) in [6.45, 7) is 8.72. The van der Waals surface area contributed by atoms with E-state index in [0.717, 1.165) is 63.1 Å². The molecule has 0 atom stereocenters. The van der Waals surface area contributed by atoms with E-state index in [9.17, 15) is 4.79 Å². The van der Waals surface area contributed by atoms with Gasteiger partial charge in [0, 0.05) is 18.8 Å². The van der Waals surface area contributed by atoms with Gasteiger partial charge in [-0.2, -0.15) is 0 Å². The van der Waals surface area contributed by atoms with Crippen molar-refractivity contribution in [1.29, 1.82) is 0 Å². The van der Waals surface area contributed by atoms with Crippen LogP contribution in [0.25, 0.3) is 0 Å². The predicted molar refractivity (Wildman–Crippen MR) is 127 cm³/mol. The molecule has 1 aliphatic rings. The molecule has 6 nitrogen and oxygen atoms in total. The van der Waals surface area contributed by atoms with E-state index >= 15 is 0 Å². The number of likely N-dealkylation sites (N-methyl/N-ethyl adjacent to an activating group) is 1. The largest absolute Gasteiger partial charge is 0.378 e. The highest BCUT2D eigenvalue weighted by molar-refractivity contribution is 5.88. The normalized spacial score (nSPS) is 18.7. The first-order chi connectivity index (χ1) is 15.0. The smallest absolute Gasteiger partial charge is 0.346 e. The van der Waals surface area contributed by atoms with Gasteiger partial charge in [0.1, 0.15) is 0 Å². The Morgan fingerprint density at radius 1 is 1.13 bits per heavy atom. The molecule has 0 aliphatic heterocycles. The lowest BCUT2D eigenvalue weighted by Crippen LogP contribution is -2.44. The van der Waals surface area contributed by atoms with Crippen LogP contribution in [0.4, 0.5) is 10.5 Å². The number of hydrogen-bond acceptors (Lipinski definition) is 4. The molecule has 0 radical (unpaired) electrons. The molecule has 0 heterocycles. The number of nitrogens with one attached hydrogen (secondary N) is 1. The maximum absolute atomic E-state index is 12.6. The Morgan fingerprint density at radius 2 is 1.81 bits per heavy atom. The van der Waals surface area contributed by atoms with Crippen molar-refractivity contribution in [2.75, 3.05) is 39.2 Å². The number of nitrogens with zero attached hydrogens (tertiary/aromatic N) is 2. The molecule has 2 amide bonds. The number of hydrogen-bond donors (Lipinski definition) is 1. The van der Waals surface area contributed by atoms with Crippen molar-refractivity contribution in [3.63, 3.8) is 0 Å². The van der Waals surface area contributed by atoms with E-state index in [1.807, 2.05) is 37.3 Å². The van der Waals surface area contributed by atoms with Gasteiger partial charge in [-0.05, 0) is 71.2 Å². The number of rotatable bonds is 13. The number of amides is 2. The Labute approximate surface area is 188 Å². The Morgan fingerprint density at radius 3 is 2.45 bits per heavy atom. The number of carbonyl (C=O) groups is 1. The van der Waals surface area contributed by atoms with Crippen molar-refractivity contribution in [3.8, 4) is 0 Å². The summed E-state index contributed by atoms with van der Waals surface area (Å²) < 4.78 is 6.09. The van der Waals surface area contributed by atoms with Gasteiger partial charge in [-0.3, -0.25) is 4.84 Å². The monoisotopic (exact) mass is 431 g/mol. The second kappa shape index (κ2) is 14.2. The maximum atomic E-state index is 12.6. The Hall–Kier alpha value is -1.89. The second-order valence-electron chi connectivity index (χ2n) is 8.57. The molecule has 31 heavy (non-hydrogen) atoms. The quantitative estimate of drug-likeness (QED) is 0.258. The summed E-state index contributed by atoms with van der Waals surface area (Å²) in [6, 6.07) is 7.65. The number of ether oxygens (including phenoxy) is 1. The van der Waals surface area contributed by atoms with Crippen molar-refractivity contribution in [1.82, 2.24) is 9.96 Å². The fourth-order valence-corrected chi connectivity index (χ4v) is 4.06. The summed E-state index contributed by atoms with van der Waals surface area (Å²) in [4.78, 5) is 20.4. The number of hydroxylamine groups is 2. The average molecular weight is 432 g/mol. The van der Waals surface area contributed by atoms with Crippen molar-refractivity contribution < 1.29 is 14.4 Å². The highest BCUT2D eigenvalue weighted by atomic mass is 16.7.